The van der Waals surface area contributed by atoms with Gasteiger partial charge in [0.05, 0.1) is 0 Å². The molecule has 0 radical (unpaired) electrons. The summed E-state index contributed by atoms with van der Waals surface area (Å²) in [7, 11) is 0. The Kier molecular flexibility index (Phi) is 4.42. The van der Waals surface area contributed by atoms with Gasteiger partial charge in [0.25, 0.3) is 0 Å². The fourth-order valence-electron chi connectivity index (χ4n) is 1.54. The molecule has 0 spiro atoms. The van der Waals surface area contributed by atoms with Gasteiger partial charge in [-0.2, -0.15) is 0 Å². The normalized spacial score (nSPS) is 21.8. The zero-order valence-corrected chi connectivity index (χ0v) is 9.30. The molecule has 0 aromatic rings. The van der Waals surface area contributed by atoms with Gasteiger partial charge in [0.1, 0.15) is 0 Å². The monoisotopic (exact) mass is 353 g/mol. The minimum absolute atomic E-state index is 0. The van der Waals surface area contributed by atoms with Gasteiger partial charge in [-0.05, 0) is 24.7 Å². The molecule has 4 heteroatoms. The first-order valence-electron chi connectivity index (χ1n) is 3.94. The largest absolute Gasteiger partial charge is 0.479 e. The van der Waals surface area contributed by atoms with Gasteiger partial charge in [-0.15, -0.1) is 0 Å². The summed E-state index contributed by atoms with van der Waals surface area (Å²) in [6, 6.07) is 0. The van der Waals surface area contributed by atoms with Gasteiger partial charge >= 0.3 is 5.97 Å². The predicted molar refractivity (Wildman–Crippen MR) is 40.2 cm³/mol. The number of aliphatic hydroxyl groups is 1. The Balaban J connectivity index is 0.00000121. The Morgan fingerprint density at radius 1 is 1.58 bits per heavy atom. The second kappa shape index (κ2) is 4.38. The van der Waals surface area contributed by atoms with E-state index >= 15 is 0 Å². The second-order valence-electron chi connectivity index (χ2n) is 3.72. The van der Waals surface area contributed by atoms with Crippen LogP contribution in [0.5, 0.6) is 0 Å². The van der Waals surface area contributed by atoms with Gasteiger partial charge in [-0.1, -0.05) is 13.3 Å². The van der Waals surface area contributed by atoms with Crippen LogP contribution in [0.1, 0.15) is 32.6 Å². The summed E-state index contributed by atoms with van der Waals surface area (Å²) in [4.78, 5) is 10.3. The standard InChI is InChI=1S/C8H14O3.Pt/c1-8(3-2-4-8)5-6(9)7(10)11;/h6,9H,2-5H2,1H3,(H,10,11);. The van der Waals surface area contributed by atoms with Gasteiger partial charge in [-0.3, -0.25) is 0 Å². The molecule has 3 nitrogen and oxygen atoms in total. The SMILES string of the molecule is CC1(CC(O)C(=O)O)CCC1.[Pt]. The molecule has 0 amide bonds. The molecular formula is C8H14O3Pt. The number of carbonyl (C=O) groups is 1. The van der Waals surface area contributed by atoms with Crippen molar-refractivity contribution in [2.24, 2.45) is 5.41 Å². The first-order chi connectivity index (χ1) is 5.03. The zero-order valence-electron chi connectivity index (χ0n) is 7.02. The summed E-state index contributed by atoms with van der Waals surface area (Å²) in [6.07, 6.45) is 2.51. The third kappa shape index (κ3) is 2.87. The van der Waals surface area contributed by atoms with Crippen LogP contribution in [0.15, 0.2) is 0 Å². The van der Waals surface area contributed by atoms with Crippen molar-refractivity contribution in [3.8, 4) is 0 Å². The van der Waals surface area contributed by atoms with Gasteiger partial charge in [-0.25, -0.2) is 4.79 Å². The van der Waals surface area contributed by atoms with E-state index in [-0.39, 0.29) is 26.5 Å². The van der Waals surface area contributed by atoms with E-state index in [1.165, 1.54) is 6.42 Å². The van der Waals surface area contributed by atoms with Crippen LogP contribution >= 0.6 is 0 Å². The number of carboxylic acid groups (broad SMARTS) is 1. The molecule has 1 atom stereocenters. The van der Waals surface area contributed by atoms with Gasteiger partial charge < -0.3 is 10.2 Å². The zero-order chi connectivity index (χ0) is 8.48. The van der Waals surface area contributed by atoms with Gasteiger partial charge in [0, 0.05) is 21.1 Å². The number of rotatable bonds is 3. The number of carboxylic acids is 1. The molecule has 0 aromatic heterocycles. The number of aliphatic hydroxyl groups excluding tert-OH is 1. The molecule has 2 N–H and O–H groups in total. The Hall–Kier alpha value is 0.118. The molecule has 74 valence electrons. The predicted octanol–water partition coefficient (Wildman–Crippen LogP) is 1.01. The van der Waals surface area contributed by atoms with Crippen LogP contribution < -0.4 is 0 Å². The van der Waals surface area contributed by atoms with E-state index in [9.17, 15) is 4.79 Å². The van der Waals surface area contributed by atoms with Crippen LogP contribution in [0, 0.1) is 5.41 Å². The average Bonchev–Trinajstić information content (AvgIpc) is 1.84. The van der Waals surface area contributed by atoms with Crippen molar-refractivity contribution in [3.63, 3.8) is 0 Å². The molecule has 1 fully saturated rings. The third-order valence-electron chi connectivity index (χ3n) is 2.53. The first kappa shape index (κ1) is 12.1. The van der Waals surface area contributed by atoms with Crippen LogP contribution in [0.2, 0.25) is 0 Å². The summed E-state index contributed by atoms with van der Waals surface area (Å²) >= 11 is 0. The Labute approximate surface area is 86.4 Å². The molecule has 1 unspecified atom stereocenters. The summed E-state index contributed by atoms with van der Waals surface area (Å²) < 4.78 is 0. The molecule has 1 aliphatic carbocycles. The molecule has 1 saturated carbocycles. The number of hydrogen-bond donors (Lipinski definition) is 2. The Bertz CT molecular complexity index is 166. The Morgan fingerprint density at radius 2 is 2.08 bits per heavy atom. The van der Waals surface area contributed by atoms with Gasteiger partial charge in [0.2, 0.25) is 0 Å². The van der Waals surface area contributed by atoms with E-state index in [1.54, 1.807) is 0 Å². The molecule has 0 heterocycles. The van der Waals surface area contributed by atoms with E-state index in [0.717, 1.165) is 12.8 Å². The molecule has 0 saturated heterocycles. The van der Waals surface area contributed by atoms with Gasteiger partial charge in [0.15, 0.2) is 6.10 Å². The number of aliphatic carboxylic acids is 1. The molecule has 1 aliphatic rings. The third-order valence-corrected chi connectivity index (χ3v) is 2.53. The molecule has 0 bridgehead atoms. The fraction of sp³-hybridized carbons (Fsp3) is 0.875. The van der Waals surface area contributed by atoms with Crippen LogP contribution in [0.4, 0.5) is 0 Å². The van der Waals surface area contributed by atoms with Crippen LogP contribution in [0.3, 0.4) is 0 Å². The maximum atomic E-state index is 10.3. The molecule has 0 aliphatic heterocycles. The van der Waals surface area contributed by atoms with E-state index in [2.05, 4.69) is 0 Å². The number of hydrogen-bond acceptors (Lipinski definition) is 2. The van der Waals surface area contributed by atoms with E-state index in [1.807, 2.05) is 6.92 Å². The summed E-state index contributed by atoms with van der Waals surface area (Å²) in [5.41, 5.74) is 0.0950. The fourth-order valence-corrected chi connectivity index (χ4v) is 1.54. The van der Waals surface area contributed by atoms with Crippen LogP contribution in [0.25, 0.3) is 0 Å². The summed E-state index contributed by atoms with van der Waals surface area (Å²) in [5, 5.41) is 17.4. The van der Waals surface area contributed by atoms with Crippen molar-refractivity contribution in [3.05, 3.63) is 0 Å². The minimum Gasteiger partial charge on any atom is -0.479 e. The van der Waals surface area contributed by atoms with Crippen molar-refractivity contribution >= 4 is 5.97 Å². The van der Waals surface area contributed by atoms with Crippen LogP contribution in [-0.4, -0.2) is 22.3 Å². The van der Waals surface area contributed by atoms with E-state index < -0.39 is 12.1 Å². The van der Waals surface area contributed by atoms with Crippen molar-refractivity contribution in [2.45, 2.75) is 38.7 Å². The Morgan fingerprint density at radius 3 is 2.33 bits per heavy atom. The molecule has 1 rings (SSSR count). The summed E-state index contributed by atoms with van der Waals surface area (Å²) in [6.45, 7) is 2.03. The van der Waals surface area contributed by atoms with Crippen molar-refractivity contribution in [2.75, 3.05) is 0 Å². The second-order valence-corrected chi connectivity index (χ2v) is 3.72. The summed E-state index contributed by atoms with van der Waals surface area (Å²) in [5.74, 6) is -1.10. The average molecular weight is 353 g/mol. The maximum Gasteiger partial charge on any atom is 0.332 e. The first-order valence-corrected chi connectivity index (χ1v) is 3.94. The van der Waals surface area contributed by atoms with Crippen molar-refractivity contribution < 1.29 is 36.1 Å². The quantitative estimate of drug-likeness (QED) is 0.796. The van der Waals surface area contributed by atoms with Crippen molar-refractivity contribution in [1.29, 1.82) is 0 Å². The smallest absolute Gasteiger partial charge is 0.332 e. The molecular weight excluding hydrogens is 339 g/mol. The van der Waals surface area contributed by atoms with E-state index in [4.69, 9.17) is 10.2 Å². The van der Waals surface area contributed by atoms with E-state index in [0.29, 0.717) is 6.42 Å². The van der Waals surface area contributed by atoms with Crippen LogP contribution in [-0.2, 0) is 25.9 Å². The maximum absolute atomic E-state index is 10.3. The minimum atomic E-state index is -1.17. The molecule has 0 aromatic carbocycles. The molecule has 12 heavy (non-hydrogen) atoms. The van der Waals surface area contributed by atoms with Crippen molar-refractivity contribution in [1.82, 2.24) is 0 Å². The topological polar surface area (TPSA) is 57.5 Å².